The number of aromatic amines is 1. The number of nitrogens with one attached hydrogen (secondary N) is 1. The number of rotatable bonds is 6. The van der Waals surface area contributed by atoms with Gasteiger partial charge in [0.1, 0.15) is 17.4 Å². The third kappa shape index (κ3) is 5.07. The van der Waals surface area contributed by atoms with E-state index in [2.05, 4.69) is 14.7 Å². The first-order valence-corrected chi connectivity index (χ1v) is 8.51. The van der Waals surface area contributed by atoms with Crippen LogP contribution < -0.4 is 10.3 Å². The van der Waals surface area contributed by atoms with Gasteiger partial charge in [0.05, 0.1) is 5.69 Å². The first kappa shape index (κ1) is 21.2. The molecule has 0 saturated carbocycles. The van der Waals surface area contributed by atoms with Gasteiger partial charge >= 0.3 is 6.36 Å². The van der Waals surface area contributed by atoms with Crippen LogP contribution in [0.25, 0.3) is 0 Å². The van der Waals surface area contributed by atoms with E-state index in [4.69, 9.17) is 0 Å². The summed E-state index contributed by atoms with van der Waals surface area (Å²) in [4.78, 5) is 30.0. The molecule has 2 heterocycles. The summed E-state index contributed by atoms with van der Waals surface area (Å²) < 4.78 is 69.8. The van der Waals surface area contributed by atoms with Crippen molar-refractivity contribution < 1.29 is 31.5 Å². The van der Waals surface area contributed by atoms with Crippen molar-refractivity contribution in [3.8, 4) is 5.75 Å². The van der Waals surface area contributed by atoms with Gasteiger partial charge in [-0.3, -0.25) is 14.6 Å². The number of carbonyl (C=O) groups is 1. The van der Waals surface area contributed by atoms with E-state index in [1.165, 1.54) is 18.3 Å². The van der Waals surface area contributed by atoms with Gasteiger partial charge in [0.25, 0.3) is 0 Å². The SMILES string of the molecule is O=C(C[C@@H](c1ccc(OC(F)(F)F)cc1F)c1ncccc1F)c1ccc(=O)[nH]c1. The zero-order valence-electron chi connectivity index (χ0n) is 15.0. The lowest BCUT2D eigenvalue weighted by Crippen LogP contribution is -2.18. The van der Waals surface area contributed by atoms with Gasteiger partial charge in [-0.05, 0) is 29.8 Å². The molecule has 0 unspecified atom stereocenters. The normalized spacial score (nSPS) is 12.4. The Morgan fingerprint density at radius 3 is 2.47 bits per heavy atom. The third-order valence-electron chi connectivity index (χ3n) is 4.19. The van der Waals surface area contributed by atoms with E-state index >= 15 is 0 Å². The molecule has 3 rings (SSSR count). The highest BCUT2D eigenvalue weighted by Crippen LogP contribution is 2.34. The number of alkyl halides is 3. The van der Waals surface area contributed by atoms with Gasteiger partial charge in [-0.2, -0.15) is 0 Å². The molecule has 1 aromatic carbocycles. The highest BCUT2D eigenvalue weighted by molar-refractivity contribution is 5.96. The second-order valence-electron chi connectivity index (χ2n) is 6.22. The van der Waals surface area contributed by atoms with Gasteiger partial charge in [-0.15, -0.1) is 13.2 Å². The first-order chi connectivity index (χ1) is 14.1. The number of hydrogen-bond acceptors (Lipinski definition) is 4. The summed E-state index contributed by atoms with van der Waals surface area (Å²) in [5.74, 6) is -4.52. The number of carbonyl (C=O) groups excluding carboxylic acids is 1. The molecule has 0 aliphatic carbocycles. The van der Waals surface area contributed by atoms with Crippen molar-refractivity contribution in [2.24, 2.45) is 0 Å². The molecule has 3 aromatic rings. The van der Waals surface area contributed by atoms with Crippen molar-refractivity contribution in [2.75, 3.05) is 0 Å². The highest BCUT2D eigenvalue weighted by atomic mass is 19.4. The molecule has 1 N–H and O–H groups in total. The maximum Gasteiger partial charge on any atom is 0.573 e. The van der Waals surface area contributed by atoms with E-state index in [9.17, 15) is 31.5 Å². The minimum absolute atomic E-state index is 0.0911. The second-order valence-corrected chi connectivity index (χ2v) is 6.22. The van der Waals surface area contributed by atoms with Crippen LogP contribution in [-0.4, -0.2) is 22.1 Å². The second kappa shape index (κ2) is 8.44. The summed E-state index contributed by atoms with van der Waals surface area (Å²) in [5, 5.41) is 0. The topological polar surface area (TPSA) is 72.0 Å². The number of ether oxygens (including phenoxy) is 1. The predicted octanol–water partition coefficient (Wildman–Crippen LogP) is 4.35. The van der Waals surface area contributed by atoms with Crippen LogP contribution in [0.1, 0.15) is 34.0 Å². The van der Waals surface area contributed by atoms with Gasteiger partial charge < -0.3 is 9.72 Å². The smallest absolute Gasteiger partial charge is 0.406 e. The zero-order chi connectivity index (χ0) is 21.9. The maximum absolute atomic E-state index is 14.6. The van der Waals surface area contributed by atoms with Crippen LogP contribution in [0.2, 0.25) is 0 Å². The Morgan fingerprint density at radius 1 is 1.10 bits per heavy atom. The Hall–Kier alpha value is -3.56. The fourth-order valence-corrected chi connectivity index (χ4v) is 2.88. The predicted molar refractivity (Wildman–Crippen MR) is 95.1 cm³/mol. The van der Waals surface area contributed by atoms with Crippen LogP contribution in [-0.2, 0) is 0 Å². The summed E-state index contributed by atoms with van der Waals surface area (Å²) in [6.45, 7) is 0. The van der Waals surface area contributed by atoms with Crippen LogP contribution in [0.15, 0.2) is 59.7 Å². The van der Waals surface area contributed by atoms with Gasteiger partial charge in [0.2, 0.25) is 5.56 Å². The molecule has 10 heteroatoms. The lowest BCUT2D eigenvalue weighted by atomic mass is 9.88. The Morgan fingerprint density at radius 2 is 1.87 bits per heavy atom. The summed E-state index contributed by atoms with van der Waals surface area (Å²) in [6.07, 6.45) is -3.06. The van der Waals surface area contributed by atoms with Crippen LogP contribution in [0, 0.1) is 11.6 Å². The number of pyridine rings is 2. The minimum atomic E-state index is -5.01. The monoisotopic (exact) mass is 424 g/mol. The van der Waals surface area contributed by atoms with E-state index in [0.29, 0.717) is 6.07 Å². The lowest BCUT2D eigenvalue weighted by molar-refractivity contribution is -0.274. The third-order valence-corrected chi connectivity index (χ3v) is 4.19. The molecule has 0 spiro atoms. The number of ketones is 1. The summed E-state index contributed by atoms with van der Waals surface area (Å²) in [5.41, 5.74) is -0.836. The van der Waals surface area contributed by atoms with Crippen LogP contribution in [0.4, 0.5) is 22.0 Å². The summed E-state index contributed by atoms with van der Waals surface area (Å²) in [6, 6.07) is 7.09. The molecule has 0 aliphatic heterocycles. The number of nitrogens with zero attached hydrogens (tertiary/aromatic N) is 1. The van der Waals surface area contributed by atoms with Crippen LogP contribution in [0.3, 0.4) is 0 Å². The summed E-state index contributed by atoms with van der Waals surface area (Å²) >= 11 is 0. The largest absolute Gasteiger partial charge is 0.573 e. The number of halogens is 5. The van der Waals surface area contributed by atoms with Crippen molar-refractivity contribution in [2.45, 2.75) is 18.7 Å². The van der Waals surface area contributed by atoms with Crippen LogP contribution in [0.5, 0.6) is 5.75 Å². The first-order valence-electron chi connectivity index (χ1n) is 8.51. The number of Topliss-reactive ketones (excluding diaryl/α,β-unsaturated/α-hetero) is 1. The molecular formula is C20H13F5N2O3. The van der Waals surface area contributed by atoms with E-state index in [1.54, 1.807) is 0 Å². The van der Waals surface area contributed by atoms with Crippen LogP contribution >= 0.6 is 0 Å². The number of aromatic nitrogens is 2. The molecule has 0 amide bonds. The quantitative estimate of drug-likeness (QED) is 0.472. The lowest BCUT2D eigenvalue weighted by Gasteiger charge is -2.18. The fourth-order valence-electron chi connectivity index (χ4n) is 2.88. The van der Waals surface area contributed by atoms with Crippen molar-refractivity contribution in [3.05, 3.63) is 93.7 Å². The fraction of sp³-hybridized carbons (Fsp3) is 0.150. The number of hydrogen-bond donors (Lipinski definition) is 1. The van der Waals surface area contributed by atoms with Crippen molar-refractivity contribution in [3.63, 3.8) is 0 Å². The maximum atomic E-state index is 14.6. The molecule has 30 heavy (non-hydrogen) atoms. The molecule has 5 nitrogen and oxygen atoms in total. The van der Waals surface area contributed by atoms with Gasteiger partial charge in [-0.1, -0.05) is 6.07 Å². The summed E-state index contributed by atoms with van der Waals surface area (Å²) in [7, 11) is 0. The van der Waals surface area contributed by atoms with E-state index in [-0.39, 0.29) is 16.8 Å². The Kier molecular flexibility index (Phi) is 5.95. The Labute approximate surface area is 166 Å². The molecule has 1 atom stereocenters. The molecule has 0 bridgehead atoms. The number of H-pyrrole nitrogens is 1. The Bertz CT molecular complexity index is 1110. The van der Waals surface area contributed by atoms with Crippen molar-refractivity contribution in [1.29, 1.82) is 0 Å². The molecular weight excluding hydrogens is 411 g/mol. The highest BCUT2D eigenvalue weighted by Gasteiger charge is 2.32. The average molecular weight is 424 g/mol. The zero-order valence-corrected chi connectivity index (χ0v) is 15.0. The molecule has 0 saturated heterocycles. The molecule has 0 aliphatic rings. The molecule has 156 valence electrons. The average Bonchev–Trinajstić information content (AvgIpc) is 2.66. The molecule has 0 radical (unpaired) electrons. The van der Waals surface area contributed by atoms with Gasteiger partial charge in [-0.25, -0.2) is 8.78 Å². The van der Waals surface area contributed by atoms with Crippen molar-refractivity contribution >= 4 is 5.78 Å². The van der Waals surface area contributed by atoms with Crippen molar-refractivity contribution in [1.82, 2.24) is 9.97 Å². The molecule has 2 aromatic heterocycles. The number of benzene rings is 1. The van der Waals surface area contributed by atoms with E-state index in [0.717, 1.165) is 30.5 Å². The van der Waals surface area contributed by atoms with Gasteiger partial charge in [0.15, 0.2) is 5.78 Å². The standard InChI is InChI=1S/C20H13F5N2O3/c21-15-2-1-7-26-19(15)14(9-17(28)11-3-6-18(29)27-10-11)13-5-4-12(8-16(13)22)30-20(23,24)25/h1-8,10,14H,9H2,(H,27,29)/t14-/m0/s1. The van der Waals surface area contributed by atoms with E-state index in [1.807, 2.05) is 0 Å². The Balaban J connectivity index is 2.00. The minimum Gasteiger partial charge on any atom is -0.406 e. The molecule has 0 fully saturated rings. The van der Waals surface area contributed by atoms with Gasteiger partial charge in [0, 0.05) is 42.4 Å². The van der Waals surface area contributed by atoms with E-state index < -0.39 is 47.4 Å².